The average molecular weight is 260 g/mol. The van der Waals surface area contributed by atoms with Gasteiger partial charge in [0.2, 0.25) is 0 Å². The SMILES string of the molecule is NCc1ccc2nc(CC3CCCCC3)sc2c1. The molecule has 1 aliphatic carbocycles. The molecule has 1 aliphatic rings. The Morgan fingerprint density at radius 2 is 2.06 bits per heavy atom. The molecule has 2 N–H and O–H groups in total. The number of thiazole rings is 1. The van der Waals surface area contributed by atoms with Crippen LogP contribution in [-0.2, 0) is 13.0 Å². The van der Waals surface area contributed by atoms with E-state index < -0.39 is 0 Å². The highest BCUT2D eigenvalue weighted by atomic mass is 32.1. The molecule has 2 aromatic rings. The van der Waals surface area contributed by atoms with Gasteiger partial charge in [0.25, 0.3) is 0 Å². The number of hydrogen-bond donors (Lipinski definition) is 1. The second kappa shape index (κ2) is 5.37. The molecule has 0 saturated heterocycles. The van der Waals surface area contributed by atoms with E-state index in [9.17, 15) is 0 Å². The maximum Gasteiger partial charge on any atom is 0.0941 e. The fourth-order valence-electron chi connectivity index (χ4n) is 2.87. The Balaban J connectivity index is 1.79. The second-order valence-electron chi connectivity index (χ2n) is 5.32. The summed E-state index contributed by atoms with van der Waals surface area (Å²) in [6.45, 7) is 0.617. The quantitative estimate of drug-likeness (QED) is 0.909. The van der Waals surface area contributed by atoms with Gasteiger partial charge in [-0.05, 0) is 23.6 Å². The molecule has 0 aliphatic heterocycles. The number of fused-ring (bicyclic) bond motifs is 1. The Kier molecular flexibility index (Phi) is 3.62. The van der Waals surface area contributed by atoms with Crippen LogP contribution in [0.5, 0.6) is 0 Å². The number of nitrogens with zero attached hydrogens (tertiary/aromatic N) is 1. The number of nitrogens with two attached hydrogens (primary N) is 1. The normalized spacial score (nSPS) is 17.4. The van der Waals surface area contributed by atoms with Crippen LogP contribution in [0.25, 0.3) is 10.2 Å². The van der Waals surface area contributed by atoms with Crippen molar-refractivity contribution in [3.05, 3.63) is 28.8 Å². The summed E-state index contributed by atoms with van der Waals surface area (Å²) in [6, 6.07) is 6.39. The van der Waals surface area contributed by atoms with Gasteiger partial charge in [-0.15, -0.1) is 11.3 Å². The Morgan fingerprint density at radius 1 is 1.22 bits per heavy atom. The summed E-state index contributed by atoms with van der Waals surface area (Å²) in [5.41, 5.74) is 8.03. The van der Waals surface area contributed by atoms with Gasteiger partial charge < -0.3 is 5.73 Å². The zero-order chi connectivity index (χ0) is 12.4. The highest BCUT2D eigenvalue weighted by Crippen LogP contribution is 2.30. The minimum absolute atomic E-state index is 0.617. The molecule has 1 saturated carbocycles. The number of rotatable bonds is 3. The predicted octanol–water partition coefficient (Wildman–Crippen LogP) is 3.88. The van der Waals surface area contributed by atoms with E-state index in [0.29, 0.717) is 6.54 Å². The average Bonchev–Trinajstić information content (AvgIpc) is 2.80. The smallest absolute Gasteiger partial charge is 0.0941 e. The molecule has 3 heteroatoms. The predicted molar refractivity (Wildman–Crippen MR) is 77.8 cm³/mol. The Labute approximate surface area is 112 Å². The molecule has 0 radical (unpaired) electrons. The first kappa shape index (κ1) is 12.1. The van der Waals surface area contributed by atoms with E-state index in [1.54, 1.807) is 0 Å². The van der Waals surface area contributed by atoms with Crippen molar-refractivity contribution in [2.45, 2.75) is 45.1 Å². The number of benzene rings is 1. The summed E-state index contributed by atoms with van der Waals surface area (Å²) >= 11 is 1.85. The lowest BCUT2D eigenvalue weighted by atomic mass is 9.87. The Morgan fingerprint density at radius 3 is 2.83 bits per heavy atom. The van der Waals surface area contributed by atoms with Gasteiger partial charge in [-0.25, -0.2) is 4.98 Å². The third-order valence-corrected chi connectivity index (χ3v) is 4.96. The molecule has 0 bridgehead atoms. The van der Waals surface area contributed by atoms with Crippen molar-refractivity contribution in [2.24, 2.45) is 11.7 Å². The van der Waals surface area contributed by atoms with Crippen LogP contribution < -0.4 is 5.73 Å². The van der Waals surface area contributed by atoms with Gasteiger partial charge >= 0.3 is 0 Å². The molecule has 2 nitrogen and oxygen atoms in total. The zero-order valence-electron chi connectivity index (χ0n) is 10.7. The minimum atomic E-state index is 0.617. The first-order valence-electron chi connectivity index (χ1n) is 6.93. The summed E-state index contributed by atoms with van der Waals surface area (Å²) < 4.78 is 1.30. The van der Waals surface area contributed by atoms with Crippen molar-refractivity contribution in [3.8, 4) is 0 Å². The van der Waals surface area contributed by atoms with Gasteiger partial charge in [-0.2, -0.15) is 0 Å². The monoisotopic (exact) mass is 260 g/mol. The van der Waals surface area contributed by atoms with Gasteiger partial charge in [0.15, 0.2) is 0 Å². The first-order chi connectivity index (χ1) is 8.85. The van der Waals surface area contributed by atoms with Crippen molar-refractivity contribution in [3.63, 3.8) is 0 Å². The van der Waals surface area contributed by atoms with E-state index in [1.807, 2.05) is 11.3 Å². The van der Waals surface area contributed by atoms with Crippen molar-refractivity contribution in [2.75, 3.05) is 0 Å². The Bertz CT molecular complexity index is 526. The van der Waals surface area contributed by atoms with Gasteiger partial charge in [0.1, 0.15) is 0 Å². The van der Waals surface area contributed by atoms with Crippen molar-refractivity contribution in [1.82, 2.24) is 4.98 Å². The molecule has 0 unspecified atom stereocenters. The van der Waals surface area contributed by atoms with Crippen LogP contribution in [-0.4, -0.2) is 4.98 Å². The topological polar surface area (TPSA) is 38.9 Å². The van der Waals surface area contributed by atoms with Gasteiger partial charge in [0.05, 0.1) is 15.2 Å². The molecular weight excluding hydrogens is 240 g/mol. The molecular formula is C15H20N2S. The fraction of sp³-hybridized carbons (Fsp3) is 0.533. The standard InChI is InChI=1S/C15H20N2S/c16-10-12-6-7-13-14(8-12)18-15(17-13)9-11-4-2-1-3-5-11/h6-8,11H,1-5,9-10,16H2. The number of aromatic nitrogens is 1. The second-order valence-corrected chi connectivity index (χ2v) is 6.44. The lowest BCUT2D eigenvalue weighted by Gasteiger charge is -2.20. The summed E-state index contributed by atoms with van der Waals surface area (Å²) in [6.07, 6.45) is 8.21. The van der Waals surface area contributed by atoms with E-state index in [-0.39, 0.29) is 0 Å². The minimum Gasteiger partial charge on any atom is -0.326 e. The zero-order valence-corrected chi connectivity index (χ0v) is 11.5. The van der Waals surface area contributed by atoms with E-state index in [4.69, 9.17) is 10.7 Å². The fourth-order valence-corrected chi connectivity index (χ4v) is 4.01. The molecule has 96 valence electrons. The van der Waals surface area contributed by atoms with Crippen molar-refractivity contribution in [1.29, 1.82) is 0 Å². The maximum absolute atomic E-state index is 5.68. The van der Waals surface area contributed by atoms with Crippen LogP contribution in [0.15, 0.2) is 18.2 Å². The summed E-state index contributed by atoms with van der Waals surface area (Å²) in [5, 5.41) is 1.31. The Hall–Kier alpha value is -0.930. The van der Waals surface area contributed by atoms with Crippen LogP contribution in [0.3, 0.4) is 0 Å². The largest absolute Gasteiger partial charge is 0.326 e. The van der Waals surface area contributed by atoms with Crippen LogP contribution in [0.2, 0.25) is 0 Å². The number of hydrogen-bond acceptors (Lipinski definition) is 3. The van der Waals surface area contributed by atoms with Crippen LogP contribution >= 0.6 is 11.3 Å². The lowest BCUT2D eigenvalue weighted by molar-refractivity contribution is 0.356. The van der Waals surface area contributed by atoms with E-state index in [0.717, 1.165) is 11.4 Å². The molecule has 3 rings (SSSR count). The van der Waals surface area contributed by atoms with Crippen LogP contribution in [0, 0.1) is 5.92 Å². The highest BCUT2D eigenvalue weighted by molar-refractivity contribution is 7.18. The summed E-state index contributed by atoms with van der Waals surface area (Å²) in [4.78, 5) is 4.76. The molecule has 18 heavy (non-hydrogen) atoms. The van der Waals surface area contributed by atoms with Crippen molar-refractivity contribution >= 4 is 21.6 Å². The summed E-state index contributed by atoms with van der Waals surface area (Å²) in [5.74, 6) is 0.869. The molecule has 0 amide bonds. The molecule has 0 atom stereocenters. The maximum atomic E-state index is 5.68. The van der Waals surface area contributed by atoms with E-state index in [2.05, 4.69) is 18.2 Å². The third kappa shape index (κ3) is 2.57. The van der Waals surface area contributed by atoms with Crippen LogP contribution in [0.1, 0.15) is 42.7 Å². The highest BCUT2D eigenvalue weighted by Gasteiger charge is 2.16. The van der Waals surface area contributed by atoms with Crippen LogP contribution in [0.4, 0.5) is 0 Å². The molecule has 0 spiro atoms. The molecule has 1 heterocycles. The van der Waals surface area contributed by atoms with E-state index in [1.165, 1.54) is 53.8 Å². The van der Waals surface area contributed by atoms with Gasteiger partial charge in [0, 0.05) is 13.0 Å². The summed E-state index contributed by atoms with van der Waals surface area (Å²) in [7, 11) is 0. The lowest BCUT2D eigenvalue weighted by Crippen LogP contribution is -2.08. The molecule has 1 aromatic carbocycles. The van der Waals surface area contributed by atoms with Gasteiger partial charge in [-0.3, -0.25) is 0 Å². The first-order valence-corrected chi connectivity index (χ1v) is 7.75. The molecule has 1 fully saturated rings. The molecule has 1 aromatic heterocycles. The third-order valence-electron chi connectivity index (χ3n) is 3.92. The van der Waals surface area contributed by atoms with E-state index >= 15 is 0 Å². The van der Waals surface area contributed by atoms with Gasteiger partial charge in [-0.1, -0.05) is 38.2 Å². The van der Waals surface area contributed by atoms with Crippen molar-refractivity contribution < 1.29 is 0 Å².